The van der Waals surface area contributed by atoms with E-state index in [1.54, 1.807) is 42.5 Å². The molecule has 1 aliphatic rings. The van der Waals surface area contributed by atoms with Gasteiger partial charge < -0.3 is 16.0 Å². The summed E-state index contributed by atoms with van der Waals surface area (Å²) < 4.78 is 0. The number of carbonyl (C=O) groups is 2. The third kappa shape index (κ3) is 4.55. The first-order valence-corrected chi connectivity index (χ1v) is 10.1. The average molecular weight is 458 g/mol. The first-order chi connectivity index (χ1) is 14.8. The molecule has 0 unspecified atom stereocenters. The number of aromatic amines is 1. The fourth-order valence-electron chi connectivity index (χ4n) is 3.30. The number of amides is 2. The number of hydrogen-bond donors (Lipinski definition) is 4. The van der Waals surface area contributed by atoms with Crippen molar-refractivity contribution in [2.24, 2.45) is 0 Å². The molecule has 0 fully saturated rings. The van der Waals surface area contributed by atoms with Crippen LogP contribution in [0.25, 0.3) is 0 Å². The molecule has 4 rings (SSSR count). The fourth-order valence-corrected chi connectivity index (χ4v) is 3.77. The summed E-state index contributed by atoms with van der Waals surface area (Å²) in [6.07, 6.45) is -0.186. The normalized spacial score (nSPS) is 15.1. The maximum absolute atomic E-state index is 12.9. The van der Waals surface area contributed by atoms with Crippen molar-refractivity contribution in [1.82, 2.24) is 9.97 Å². The van der Waals surface area contributed by atoms with Crippen LogP contribution in [-0.4, -0.2) is 21.8 Å². The number of fused-ring (bicyclic) bond motifs is 1. The molecule has 1 atom stereocenters. The monoisotopic (exact) mass is 457 g/mol. The van der Waals surface area contributed by atoms with Gasteiger partial charge in [0.2, 0.25) is 17.8 Å². The van der Waals surface area contributed by atoms with Crippen LogP contribution in [0.2, 0.25) is 10.0 Å². The topological polar surface area (TPSA) is 116 Å². The Morgan fingerprint density at radius 3 is 2.71 bits per heavy atom. The molecule has 0 spiro atoms. The van der Waals surface area contributed by atoms with Crippen LogP contribution in [-0.2, 0) is 9.59 Å². The first kappa shape index (κ1) is 20.9. The van der Waals surface area contributed by atoms with Crippen molar-refractivity contribution in [3.05, 3.63) is 74.0 Å². The Labute approximate surface area is 187 Å². The fraction of sp³-hybridized carbons (Fsp3) is 0.143. The van der Waals surface area contributed by atoms with Crippen LogP contribution >= 0.6 is 23.2 Å². The third-order valence-corrected chi connectivity index (χ3v) is 5.29. The lowest BCUT2D eigenvalue weighted by Crippen LogP contribution is -2.36. The number of nitrogens with one attached hydrogen (secondary N) is 4. The van der Waals surface area contributed by atoms with Crippen LogP contribution in [0.5, 0.6) is 0 Å². The SMILES string of the molecule is Cc1ccc(NC(=O)[C@@H]2CC(=O)Nc3nc(Nc4cccc(Cl)c4)[nH]c(=O)c32)c(Cl)c1. The second-order valence-corrected chi connectivity index (χ2v) is 7.93. The number of aromatic nitrogens is 2. The molecular formula is C21H17Cl2N5O3. The number of carbonyl (C=O) groups excluding carboxylic acids is 2. The highest BCUT2D eigenvalue weighted by molar-refractivity contribution is 6.33. The van der Waals surface area contributed by atoms with E-state index in [4.69, 9.17) is 23.2 Å². The zero-order chi connectivity index (χ0) is 22.1. The van der Waals surface area contributed by atoms with E-state index in [9.17, 15) is 14.4 Å². The molecule has 0 saturated carbocycles. The van der Waals surface area contributed by atoms with E-state index in [-0.39, 0.29) is 23.8 Å². The van der Waals surface area contributed by atoms with Gasteiger partial charge in [-0.25, -0.2) is 0 Å². The number of nitrogens with zero attached hydrogens (tertiary/aromatic N) is 1. The zero-order valence-electron chi connectivity index (χ0n) is 16.3. The molecule has 1 aliphatic heterocycles. The molecule has 0 aliphatic carbocycles. The van der Waals surface area contributed by atoms with E-state index >= 15 is 0 Å². The standard InChI is InChI=1S/C21H17Cl2N5O3/c1-10-5-6-15(14(23)7-10)25-19(30)13-9-16(29)26-18-17(13)20(31)28-21(27-18)24-12-4-2-3-11(22)8-12/h2-8,13H,9H2,1H3,(H,25,30)(H3,24,26,27,28,29,31)/t13-/m1/s1. The van der Waals surface area contributed by atoms with Crippen molar-refractivity contribution < 1.29 is 9.59 Å². The van der Waals surface area contributed by atoms with Gasteiger partial charge in [0.1, 0.15) is 5.82 Å². The van der Waals surface area contributed by atoms with Crippen LogP contribution < -0.4 is 21.5 Å². The zero-order valence-corrected chi connectivity index (χ0v) is 17.8. The van der Waals surface area contributed by atoms with Crippen molar-refractivity contribution in [3.63, 3.8) is 0 Å². The second kappa shape index (κ2) is 8.41. The first-order valence-electron chi connectivity index (χ1n) is 9.34. The highest BCUT2D eigenvalue weighted by Crippen LogP contribution is 2.31. The molecule has 3 aromatic rings. The molecule has 158 valence electrons. The number of aryl methyl sites for hydroxylation is 1. The Hall–Kier alpha value is -3.36. The molecule has 0 saturated heterocycles. The van der Waals surface area contributed by atoms with Crippen molar-refractivity contribution in [3.8, 4) is 0 Å². The van der Waals surface area contributed by atoms with Gasteiger partial charge in [-0.1, -0.05) is 35.3 Å². The molecule has 31 heavy (non-hydrogen) atoms. The molecule has 8 nitrogen and oxygen atoms in total. The number of benzene rings is 2. The van der Waals surface area contributed by atoms with Gasteiger partial charge in [-0.3, -0.25) is 19.4 Å². The molecule has 0 radical (unpaired) electrons. The van der Waals surface area contributed by atoms with Gasteiger partial charge in [0.15, 0.2) is 0 Å². The molecule has 0 bridgehead atoms. The highest BCUT2D eigenvalue weighted by atomic mass is 35.5. The summed E-state index contributed by atoms with van der Waals surface area (Å²) in [5.41, 5.74) is 1.47. The molecule has 10 heteroatoms. The minimum absolute atomic E-state index is 0.0275. The minimum atomic E-state index is -1.02. The van der Waals surface area contributed by atoms with Gasteiger partial charge >= 0.3 is 0 Å². The molecule has 4 N–H and O–H groups in total. The van der Waals surface area contributed by atoms with Gasteiger partial charge in [-0.2, -0.15) is 4.98 Å². The summed E-state index contributed by atoms with van der Waals surface area (Å²) in [7, 11) is 0. The van der Waals surface area contributed by atoms with E-state index in [0.29, 0.717) is 21.4 Å². The predicted octanol–water partition coefficient (Wildman–Crippen LogP) is 4.19. The summed E-state index contributed by atoms with van der Waals surface area (Å²) in [5, 5.41) is 9.05. The summed E-state index contributed by atoms with van der Waals surface area (Å²) >= 11 is 12.2. The van der Waals surface area contributed by atoms with Crippen LogP contribution in [0, 0.1) is 6.92 Å². The van der Waals surface area contributed by atoms with Gasteiger partial charge in [0.05, 0.1) is 22.2 Å². The van der Waals surface area contributed by atoms with Crippen molar-refractivity contribution >= 4 is 58.2 Å². The van der Waals surface area contributed by atoms with Gasteiger partial charge in [-0.15, -0.1) is 0 Å². The number of halogens is 2. The van der Waals surface area contributed by atoms with Crippen LogP contribution in [0.3, 0.4) is 0 Å². The van der Waals surface area contributed by atoms with Crippen LogP contribution in [0.4, 0.5) is 23.1 Å². The van der Waals surface area contributed by atoms with Crippen molar-refractivity contribution in [2.75, 3.05) is 16.0 Å². The van der Waals surface area contributed by atoms with Crippen LogP contribution in [0.1, 0.15) is 23.5 Å². The minimum Gasteiger partial charge on any atom is -0.326 e. The summed E-state index contributed by atoms with van der Waals surface area (Å²) in [6.45, 7) is 1.87. The molecule has 1 aromatic heterocycles. The number of anilines is 4. The van der Waals surface area contributed by atoms with E-state index in [1.807, 2.05) is 6.92 Å². The summed E-state index contributed by atoms with van der Waals surface area (Å²) in [6, 6.07) is 12.0. The number of H-pyrrole nitrogens is 1. The number of hydrogen-bond acceptors (Lipinski definition) is 5. The van der Waals surface area contributed by atoms with E-state index in [0.717, 1.165) is 5.56 Å². The summed E-state index contributed by atoms with van der Waals surface area (Å²) in [4.78, 5) is 44.8. The Bertz CT molecular complexity index is 1260. The quantitative estimate of drug-likeness (QED) is 0.468. The third-order valence-electron chi connectivity index (χ3n) is 4.74. The molecule has 2 heterocycles. The van der Waals surface area contributed by atoms with Crippen molar-refractivity contribution in [2.45, 2.75) is 19.3 Å². The lowest BCUT2D eigenvalue weighted by Gasteiger charge is -2.24. The predicted molar refractivity (Wildman–Crippen MR) is 120 cm³/mol. The maximum atomic E-state index is 12.9. The van der Waals surface area contributed by atoms with E-state index < -0.39 is 23.3 Å². The second-order valence-electron chi connectivity index (χ2n) is 7.09. The summed E-state index contributed by atoms with van der Waals surface area (Å²) in [5.74, 6) is -1.83. The molecular weight excluding hydrogens is 441 g/mol. The average Bonchev–Trinajstić information content (AvgIpc) is 2.69. The van der Waals surface area contributed by atoms with E-state index in [2.05, 4.69) is 25.9 Å². The van der Waals surface area contributed by atoms with Gasteiger partial charge in [0.25, 0.3) is 5.56 Å². The molecule has 2 aromatic carbocycles. The van der Waals surface area contributed by atoms with Gasteiger partial charge in [0, 0.05) is 17.1 Å². The Morgan fingerprint density at radius 1 is 1.16 bits per heavy atom. The lowest BCUT2D eigenvalue weighted by atomic mass is 9.92. The largest absolute Gasteiger partial charge is 0.326 e. The van der Waals surface area contributed by atoms with Gasteiger partial charge in [-0.05, 0) is 42.8 Å². The Kier molecular flexibility index (Phi) is 5.67. The van der Waals surface area contributed by atoms with E-state index in [1.165, 1.54) is 0 Å². The number of rotatable bonds is 4. The Balaban J connectivity index is 1.65. The Morgan fingerprint density at radius 2 is 1.97 bits per heavy atom. The molecule has 2 amide bonds. The highest BCUT2D eigenvalue weighted by Gasteiger charge is 2.35. The van der Waals surface area contributed by atoms with Crippen LogP contribution in [0.15, 0.2) is 47.3 Å². The van der Waals surface area contributed by atoms with Crippen molar-refractivity contribution in [1.29, 1.82) is 0 Å². The lowest BCUT2D eigenvalue weighted by molar-refractivity contribution is -0.123. The maximum Gasteiger partial charge on any atom is 0.258 e. The smallest absolute Gasteiger partial charge is 0.258 e.